The molecule has 60 valence electrons. The predicted octanol–water partition coefficient (Wildman–Crippen LogP) is -0.833. The van der Waals surface area contributed by atoms with Crippen molar-refractivity contribution in [3.63, 3.8) is 0 Å². The first kappa shape index (κ1) is 8.06. The summed E-state index contributed by atoms with van der Waals surface area (Å²) in [5.74, 6) is -0.373. The summed E-state index contributed by atoms with van der Waals surface area (Å²) in [4.78, 5) is 32.7. The fourth-order valence-electron chi connectivity index (χ4n) is 0.713. The van der Waals surface area contributed by atoms with E-state index in [9.17, 15) is 14.4 Å². The molecule has 1 aliphatic heterocycles. The van der Waals surface area contributed by atoms with Crippen LogP contribution in [0.15, 0.2) is 0 Å². The van der Waals surface area contributed by atoms with Crippen molar-refractivity contribution in [1.82, 2.24) is 4.90 Å². The number of hydrogen-bond donors (Lipinski definition) is 1. The molecule has 0 atom stereocenters. The van der Waals surface area contributed by atoms with E-state index >= 15 is 0 Å². The number of thioether (sulfide) groups is 1. The molecule has 0 radical (unpaired) electrons. The van der Waals surface area contributed by atoms with Crippen molar-refractivity contribution < 1.29 is 14.4 Å². The molecule has 3 amide bonds. The summed E-state index contributed by atoms with van der Waals surface area (Å²) in [6.07, 6.45) is 0. The molecular formula is C5H6N2O3S. The first-order valence-corrected chi connectivity index (χ1v) is 3.89. The van der Waals surface area contributed by atoms with Gasteiger partial charge in [-0.2, -0.15) is 0 Å². The molecule has 11 heavy (non-hydrogen) atoms. The molecular weight excluding hydrogens is 168 g/mol. The summed E-state index contributed by atoms with van der Waals surface area (Å²) >= 11 is 0.909. The number of carbonyl (C=O) groups excluding carboxylic acids is 3. The molecule has 1 saturated heterocycles. The third kappa shape index (κ3) is 1.51. The number of amides is 3. The second-order valence-electron chi connectivity index (χ2n) is 1.93. The minimum Gasteiger partial charge on any atom is -0.351 e. The maximum absolute atomic E-state index is 10.8. The van der Waals surface area contributed by atoms with Crippen molar-refractivity contribution >= 4 is 28.8 Å². The van der Waals surface area contributed by atoms with Gasteiger partial charge in [0.2, 0.25) is 0 Å². The van der Waals surface area contributed by atoms with Crippen LogP contribution in [0.3, 0.4) is 0 Å². The lowest BCUT2D eigenvalue weighted by molar-refractivity contribution is -0.138. The summed E-state index contributed by atoms with van der Waals surface area (Å²) in [6.45, 7) is 0.227. The second kappa shape index (κ2) is 2.91. The lowest BCUT2D eigenvalue weighted by Gasteiger charge is -2.20. The van der Waals surface area contributed by atoms with Gasteiger partial charge in [-0.15, -0.1) is 0 Å². The lowest BCUT2D eigenvalue weighted by Crippen LogP contribution is -2.47. The number of rotatable bonds is 0. The van der Waals surface area contributed by atoms with E-state index in [-0.39, 0.29) is 6.54 Å². The van der Waals surface area contributed by atoms with Gasteiger partial charge in [0, 0.05) is 12.3 Å². The van der Waals surface area contributed by atoms with Crippen LogP contribution in [-0.4, -0.2) is 34.3 Å². The highest BCUT2D eigenvalue weighted by Gasteiger charge is 2.30. The standard InChI is InChI=1S/C5H6N2O3S/c6-5(10)7-1-2-11-4(9)3(7)8/h1-2H2,(H2,6,10). The molecule has 1 heterocycles. The number of nitrogens with zero attached hydrogens (tertiary/aromatic N) is 1. The van der Waals surface area contributed by atoms with Crippen LogP contribution in [0.4, 0.5) is 4.79 Å². The Hall–Kier alpha value is -1.04. The number of hydrogen-bond acceptors (Lipinski definition) is 4. The summed E-state index contributed by atoms with van der Waals surface area (Å²) in [5.41, 5.74) is 4.82. The number of imide groups is 1. The molecule has 0 aromatic heterocycles. The number of primary amides is 1. The van der Waals surface area contributed by atoms with Crippen LogP contribution in [0.1, 0.15) is 0 Å². The van der Waals surface area contributed by atoms with Gasteiger partial charge in [0.15, 0.2) is 0 Å². The van der Waals surface area contributed by atoms with Gasteiger partial charge in [-0.3, -0.25) is 14.5 Å². The molecule has 0 bridgehead atoms. The van der Waals surface area contributed by atoms with E-state index in [0.29, 0.717) is 5.75 Å². The van der Waals surface area contributed by atoms with Gasteiger partial charge in [0.1, 0.15) is 0 Å². The Kier molecular flexibility index (Phi) is 2.13. The zero-order valence-corrected chi connectivity index (χ0v) is 6.39. The topological polar surface area (TPSA) is 80.5 Å². The Morgan fingerprint density at radius 2 is 2.18 bits per heavy atom. The van der Waals surface area contributed by atoms with E-state index in [2.05, 4.69) is 0 Å². The van der Waals surface area contributed by atoms with Crippen molar-refractivity contribution in [2.24, 2.45) is 5.73 Å². The first-order valence-electron chi connectivity index (χ1n) is 2.91. The quantitative estimate of drug-likeness (QED) is 0.486. The number of urea groups is 1. The monoisotopic (exact) mass is 174 g/mol. The lowest BCUT2D eigenvalue weighted by atomic mass is 10.5. The number of nitrogens with two attached hydrogens (primary N) is 1. The minimum absolute atomic E-state index is 0.227. The van der Waals surface area contributed by atoms with E-state index in [4.69, 9.17) is 5.73 Å². The van der Waals surface area contributed by atoms with Gasteiger partial charge in [-0.25, -0.2) is 4.79 Å². The van der Waals surface area contributed by atoms with Crippen molar-refractivity contribution in [3.8, 4) is 0 Å². The van der Waals surface area contributed by atoms with Gasteiger partial charge in [-0.1, -0.05) is 11.8 Å². The molecule has 5 nitrogen and oxygen atoms in total. The average molecular weight is 174 g/mol. The van der Waals surface area contributed by atoms with Crippen LogP contribution in [0.5, 0.6) is 0 Å². The molecule has 1 aliphatic rings. The molecule has 0 aliphatic carbocycles. The smallest absolute Gasteiger partial charge is 0.321 e. The maximum Gasteiger partial charge on any atom is 0.321 e. The third-order valence-corrected chi connectivity index (χ3v) is 2.06. The van der Waals surface area contributed by atoms with E-state index in [1.807, 2.05) is 0 Å². The molecule has 6 heteroatoms. The zero-order chi connectivity index (χ0) is 8.43. The highest BCUT2D eigenvalue weighted by atomic mass is 32.2. The molecule has 0 spiro atoms. The highest BCUT2D eigenvalue weighted by molar-refractivity contribution is 8.15. The SMILES string of the molecule is NC(=O)N1CCSC(=O)C1=O. The fourth-order valence-corrected chi connectivity index (χ4v) is 1.41. The summed E-state index contributed by atoms with van der Waals surface area (Å²) in [6, 6.07) is -0.858. The van der Waals surface area contributed by atoms with Crippen LogP contribution >= 0.6 is 11.8 Å². The Balaban J connectivity index is 2.74. The largest absolute Gasteiger partial charge is 0.351 e. The zero-order valence-electron chi connectivity index (χ0n) is 5.57. The van der Waals surface area contributed by atoms with Crippen LogP contribution in [0.25, 0.3) is 0 Å². The minimum atomic E-state index is -0.858. The van der Waals surface area contributed by atoms with Crippen LogP contribution < -0.4 is 5.73 Å². The van der Waals surface area contributed by atoms with Gasteiger partial charge < -0.3 is 5.73 Å². The van der Waals surface area contributed by atoms with Crippen LogP contribution in [0, 0.1) is 0 Å². The predicted molar refractivity (Wildman–Crippen MR) is 38.8 cm³/mol. The van der Waals surface area contributed by atoms with E-state index in [1.165, 1.54) is 0 Å². The van der Waals surface area contributed by atoms with Crippen LogP contribution in [-0.2, 0) is 9.59 Å². The Morgan fingerprint density at radius 1 is 1.55 bits per heavy atom. The highest BCUT2D eigenvalue weighted by Crippen LogP contribution is 2.11. The number of carbonyl (C=O) groups is 3. The molecule has 2 N–H and O–H groups in total. The van der Waals surface area contributed by atoms with Crippen molar-refractivity contribution in [2.45, 2.75) is 0 Å². The van der Waals surface area contributed by atoms with Gasteiger partial charge in [0.05, 0.1) is 0 Å². The van der Waals surface area contributed by atoms with E-state index in [0.717, 1.165) is 16.7 Å². The van der Waals surface area contributed by atoms with E-state index in [1.54, 1.807) is 0 Å². The molecule has 0 saturated carbocycles. The van der Waals surface area contributed by atoms with Gasteiger partial charge in [-0.05, 0) is 0 Å². The van der Waals surface area contributed by atoms with Gasteiger partial charge in [0.25, 0.3) is 5.12 Å². The van der Waals surface area contributed by atoms with Crippen molar-refractivity contribution in [2.75, 3.05) is 12.3 Å². The molecule has 0 aromatic carbocycles. The molecule has 1 fully saturated rings. The summed E-state index contributed by atoms with van der Waals surface area (Å²) < 4.78 is 0. The maximum atomic E-state index is 10.8. The first-order chi connectivity index (χ1) is 5.13. The Morgan fingerprint density at radius 3 is 2.64 bits per heavy atom. The van der Waals surface area contributed by atoms with Crippen molar-refractivity contribution in [1.29, 1.82) is 0 Å². The van der Waals surface area contributed by atoms with Crippen LogP contribution in [0.2, 0.25) is 0 Å². The summed E-state index contributed by atoms with van der Waals surface area (Å²) in [7, 11) is 0. The third-order valence-electron chi connectivity index (χ3n) is 1.23. The molecule has 0 aromatic rings. The Labute approximate surface area is 66.9 Å². The molecule has 1 rings (SSSR count). The molecule has 0 unspecified atom stereocenters. The average Bonchev–Trinajstić information content (AvgIpc) is 1.94. The Bertz CT molecular complexity index is 228. The van der Waals surface area contributed by atoms with Gasteiger partial charge >= 0.3 is 11.9 Å². The van der Waals surface area contributed by atoms with Crippen molar-refractivity contribution in [3.05, 3.63) is 0 Å². The summed E-state index contributed by atoms with van der Waals surface area (Å²) in [5, 5.41) is -0.616. The second-order valence-corrected chi connectivity index (χ2v) is 3.00. The normalized spacial score (nSPS) is 18.7. The van der Waals surface area contributed by atoms with E-state index < -0.39 is 17.1 Å². The fraction of sp³-hybridized carbons (Fsp3) is 0.400.